The average molecular weight is 256 g/mol. The molecular formula is C16H20N2O. The van der Waals surface area contributed by atoms with E-state index < -0.39 is 0 Å². The van der Waals surface area contributed by atoms with E-state index in [4.69, 9.17) is 4.74 Å². The normalized spacial score (nSPS) is 10.5. The Kier molecular flexibility index (Phi) is 4.17. The first-order valence-electron chi connectivity index (χ1n) is 6.46. The molecule has 0 spiro atoms. The van der Waals surface area contributed by atoms with Crippen LogP contribution in [0, 0.1) is 20.8 Å². The van der Waals surface area contributed by atoms with Crippen LogP contribution in [0.5, 0.6) is 11.5 Å². The van der Waals surface area contributed by atoms with E-state index in [0.29, 0.717) is 0 Å². The number of aromatic nitrogens is 1. The molecule has 1 aromatic carbocycles. The van der Waals surface area contributed by atoms with Crippen LogP contribution in [0.2, 0.25) is 0 Å². The number of nitrogens with zero attached hydrogens (tertiary/aromatic N) is 1. The zero-order valence-corrected chi connectivity index (χ0v) is 11.9. The van der Waals surface area contributed by atoms with E-state index >= 15 is 0 Å². The van der Waals surface area contributed by atoms with Crippen molar-refractivity contribution in [2.75, 3.05) is 7.05 Å². The van der Waals surface area contributed by atoms with E-state index in [1.54, 1.807) is 0 Å². The average Bonchev–Trinajstić information content (AvgIpc) is 2.38. The largest absolute Gasteiger partial charge is 0.457 e. The summed E-state index contributed by atoms with van der Waals surface area (Å²) in [4.78, 5) is 4.32. The predicted octanol–water partition coefficient (Wildman–Crippen LogP) is 3.52. The van der Waals surface area contributed by atoms with Crippen LogP contribution in [0.15, 0.2) is 30.5 Å². The Labute approximate surface area is 114 Å². The smallest absolute Gasteiger partial charge is 0.135 e. The van der Waals surface area contributed by atoms with Gasteiger partial charge >= 0.3 is 0 Å². The second-order valence-corrected chi connectivity index (χ2v) is 4.76. The van der Waals surface area contributed by atoms with Gasteiger partial charge in [0, 0.05) is 30.1 Å². The van der Waals surface area contributed by atoms with Gasteiger partial charge in [0.25, 0.3) is 0 Å². The van der Waals surface area contributed by atoms with Crippen molar-refractivity contribution >= 4 is 0 Å². The molecule has 0 radical (unpaired) electrons. The Balaban J connectivity index is 2.36. The van der Waals surface area contributed by atoms with Crippen molar-refractivity contribution in [2.24, 2.45) is 0 Å². The van der Waals surface area contributed by atoms with E-state index in [1.165, 1.54) is 11.1 Å². The Bertz CT molecular complexity index is 579. The maximum absolute atomic E-state index is 6.07. The molecule has 0 amide bonds. The van der Waals surface area contributed by atoms with Crippen LogP contribution < -0.4 is 10.1 Å². The number of aryl methyl sites for hydroxylation is 2. The number of rotatable bonds is 4. The third-order valence-corrected chi connectivity index (χ3v) is 3.22. The predicted molar refractivity (Wildman–Crippen MR) is 77.7 cm³/mol. The summed E-state index contributed by atoms with van der Waals surface area (Å²) in [5.74, 6) is 1.78. The van der Waals surface area contributed by atoms with Crippen LogP contribution in [-0.4, -0.2) is 12.0 Å². The molecule has 0 unspecified atom stereocenters. The molecule has 0 saturated carbocycles. The van der Waals surface area contributed by atoms with E-state index in [9.17, 15) is 0 Å². The highest BCUT2D eigenvalue weighted by atomic mass is 16.5. The van der Waals surface area contributed by atoms with Gasteiger partial charge in [-0.15, -0.1) is 0 Å². The minimum absolute atomic E-state index is 0.744. The van der Waals surface area contributed by atoms with E-state index in [2.05, 4.69) is 30.2 Å². The quantitative estimate of drug-likeness (QED) is 0.908. The Morgan fingerprint density at radius 3 is 2.68 bits per heavy atom. The minimum Gasteiger partial charge on any atom is -0.457 e. The first-order chi connectivity index (χ1) is 9.11. The van der Waals surface area contributed by atoms with Crippen LogP contribution in [0.3, 0.4) is 0 Å². The van der Waals surface area contributed by atoms with Crippen LogP contribution in [0.1, 0.15) is 22.4 Å². The molecular weight excluding hydrogens is 236 g/mol. The van der Waals surface area contributed by atoms with Gasteiger partial charge in [-0.2, -0.15) is 0 Å². The molecule has 1 heterocycles. The maximum atomic E-state index is 6.07. The number of benzene rings is 1. The highest BCUT2D eigenvalue weighted by Gasteiger charge is 2.08. The van der Waals surface area contributed by atoms with Crippen LogP contribution >= 0.6 is 0 Å². The van der Waals surface area contributed by atoms with Crippen LogP contribution in [-0.2, 0) is 6.54 Å². The fourth-order valence-electron chi connectivity index (χ4n) is 1.93. The molecule has 0 bridgehead atoms. The molecule has 0 aliphatic heterocycles. The maximum Gasteiger partial charge on any atom is 0.135 e. The fraction of sp³-hybridized carbons (Fsp3) is 0.312. The van der Waals surface area contributed by atoms with Gasteiger partial charge < -0.3 is 10.1 Å². The number of hydrogen-bond acceptors (Lipinski definition) is 3. The fourth-order valence-corrected chi connectivity index (χ4v) is 1.93. The minimum atomic E-state index is 0.744. The standard InChI is InChI=1S/C16H20N2O/c1-11-6-5-7-15(13(11)3)19-16-8-12(2)18-10-14(16)9-17-4/h5-8,10,17H,9H2,1-4H3. The van der Waals surface area contributed by atoms with E-state index in [1.807, 2.05) is 38.4 Å². The second-order valence-electron chi connectivity index (χ2n) is 4.76. The molecule has 19 heavy (non-hydrogen) atoms. The lowest BCUT2D eigenvalue weighted by molar-refractivity contribution is 0.468. The van der Waals surface area contributed by atoms with Crippen molar-refractivity contribution in [3.8, 4) is 11.5 Å². The first-order valence-corrected chi connectivity index (χ1v) is 6.46. The zero-order valence-electron chi connectivity index (χ0n) is 11.9. The number of nitrogens with one attached hydrogen (secondary N) is 1. The van der Waals surface area contributed by atoms with E-state index in [-0.39, 0.29) is 0 Å². The second kappa shape index (κ2) is 5.85. The van der Waals surface area contributed by atoms with Gasteiger partial charge in [0.15, 0.2) is 0 Å². The number of ether oxygens (including phenoxy) is 1. The lowest BCUT2D eigenvalue weighted by atomic mass is 10.1. The monoisotopic (exact) mass is 256 g/mol. The molecule has 0 aliphatic rings. The molecule has 100 valence electrons. The third kappa shape index (κ3) is 3.12. The van der Waals surface area contributed by atoms with Gasteiger partial charge in [0.1, 0.15) is 11.5 Å². The molecule has 3 heteroatoms. The number of pyridine rings is 1. The van der Waals surface area contributed by atoms with Gasteiger partial charge in [-0.05, 0) is 45.0 Å². The van der Waals surface area contributed by atoms with E-state index in [0.717, 1.165) is 29.3 Å². The molecule has 3 nitrogen and oxygen atoms in total. The summed E-state index contributed by atoms with van der Waals surface area (Å²) in [6.45, 7) is 6.89. The molecule has 0 aliphatic carbocycles. The highest BCUT2D eigenvalue weighted by molar-refractivity contribution is 5.43. The van der Waals surface area contributed by atoms with Crippen molar-refractivity contribution in [1.29, 1.82) is 0 Å². The Morgan fingerprint density at radius 1 is 1.16 bits per heavy atom. The number of hydrogen-bond donors (Lipinski definition) is 1. The summed E-state index contributed by atoms with van der Waals surface area (Å²) < 4.78 is 6.07. The molecule has 1 aromatic heterocycles. The summed E-state index contributed by atoms with van der Waals surface area (Å²) in [6.07, 6.45) is 1.87. The summed E-state index contributed by atoms with van der Waals surface area (Å²) in [7, 11) is 1.92. The first kappa shape index (κ1) is 13.6. The molecule has 0 atom stereocenters. The molecule has 2 aromatic rings. The highest BCUT2D eigenvalue weighted by Crippen LogP contribution is 2.29. The summed E-state index contributed by atoms with van der Waals surface area (Å²) in [5.41, 5.74) is 4.43. The lowest BCUT2D eigenvalue weighted by Gasteiger charge is -2.14. The summed E-state index contributed by atoms with van der Waals surface area (Å²) in [6, 6.07) is 8.09. The van der Waals surface area contributed by atoms with Crippen LogP contribution in [0.4, 0.5) is 0 Å². The molecule has 0 fully saturated rings. The van der Waals surface area contributed by atoms with Gasteiger partial charge in [-0.3, -0.25) is 4.98 Å². The summed E-state index contributed by atoms with van der Waals surface area (Å²) in [5, 5.41) is 3.14. The SMILES string of the molecule is CNCc1cnc(C)cc1Oc1cccc(C)c1C. The zero-order chi connectivity index (χ0) is 13.8. The van der Waals surface area contributed by atoms with Gasteiger partial charge in [0.2, 0.25) is 0 Å². The van der Waals surface area contributed by atoms with Gasteiger partial charge in [0.05, 0.1) is 0 Å². The van der Waals surface area contributed by atoms with Crippen molar-refractivity contribution in [3.05, 3.63) is 52.8 Å². The van der Waals surface area contributed by atoms with Gasteiger partial charge in [-0.1, -0.05) is 12.1 Å². The third-order valence-electron chi connectivity index (χ3n) is 3.22. The Morgan fingerprint density at radius 2 is 1.95 bits per heavy atom. The molecule has 2 rings (SSSR count). The van der Waals surface area contributed by atoms with Gasteiger partial charge in [-0.25, -0.2) is 0 Å². The van der Waals surface area contributed by atoms with Crippen LogP contribution in [0.25, 0.3) is 0 Å². The van der Waals surface area contributed by atoms with Crippen molar-refractivity contribution in [1.82, 2.24) is 10.3 Å². The summed E-state index contributed by atoms with van der Waals surface area (Å²) >= 11 is 0. The van der Waals surface area contributed by atoms with Crippen molar-refractivity contribution in [3.63, 3.8) is 0 Å². The topological polar surface area (TPSA) is 34.2 Å². The van der Waals surface area contributed by atoms with Crippen molar-refractivity contribution < 1.29 is 4.74 Å². The molecule has 0 saturated heterocycles. The molecule has 1 N–H and O–H groups in total. The lowest BCUT2D eigenvalue weighted by Crippen LogP contribution is -2.07. The Hall–Kier alpha value is -1.87. The van der Waals surface area contributed by atoms with Crippen molar-refractivity contribution in [2.45, 2.75) is 27.3 Å².